The van der Waals surface area contributed by atoms with Crippen molar-refractivity contribution in [3.63, 3.8) is 0 Å². The number of hydrogen-bond acceptors (Lipinski definition) is 2. The van der Waals surface area contributed by atoms with Crippen molar-refractivity contribution in [3.05, 3.63) is 17.7 Å². The van der Waals surface area contributed by atoms with Crippen LogP contribution in [0.25, 0.3) is 0 Å². The second-order valence-corrected chi connectivity index (χ2v) is 5.30. The third-order valence-electron chi connectivity index (χ3n) is 2.69. The molecular weight excluding hydrogens is 186 g/mol. The standard InChI is InChI=1S/C12H23N3/c1-9(7-14-12(4,5)6)15-8-13-10(2)11(15)3/h8-9,14H,7H2,1-6H3. The molecule has 3 heteroatoms. The van der Waals surface area contributed by atoms with E-state index in [-0.39, 0.29) is 5.54 Å². The molecular formula is C12H23N3. The van der Waals surface area contributed by atoms with Crippen molar-refractivity contribution in [1.82, 2.24) is 14.9 Å². The minimum Gasteiger partial charge on any atom is -0.331 e. The van der Waals surface area contributed by atoms with Crippen molar-refractivity contribution in [2.75, 3.05) is 6.54 Å². The van der Waals surface area contributed by atoms with E-state index in [2.05, 4.69) is 56.4 Å². The molecule has 1 heterocycles. The van der Waals surface area contributed by atoms with Gasteiger partial charge in [0.15, 0.2) is 0 Å². The van der Waals surface area contributed by atoms with Gasteiger partial charge in [-0.3, -0.25) is 0 Å². The maximum Gasteiger partial charge on any atom is 0.0954 e. The third-order valence-corrected chi connectivity index (χ3v) is 2.69. The number of nitrogens with one attached hydrogen (secondary N) is 1. The summed E-state index contributed by atoms with van der Waals surface area (Å²) in [5, 5.41) is 3.51. The maximum absolute atomic E-state index is 4.32. The topological polar surface area (TPSA) is 29.9 Å². The molecule has 0 aliphatic heterocycles. The van der Waals surface area contributed by atoms with Crippen LogP contribution in [0.2, 0.25) is 0 Å². The van der Waals surface area contributed by atoms with Gasteiger partial charge in [0.1, 0.15) is 0 Å². The van der Waals surface area contributed by atoms with Gasteiger partial charge in [-0.15, -0.1) is 0 Å². The van der Waals surface area contributed by atoms with E-state index < -0.39 is 0 Å². The van der Waals surface area contributed by atoms with Gasteiger partial charge in [-0.1, -0.05) is 0 Å². The Morgan fingerprint density at radius 3 is 2.40 bits per heavy atom. The summed E-state index contributed by atoms with van der Waals surface area (Å²) in [5.41, 5.74) is 2.56. The normalized spacial score (nSPS) is 14.3. The van der Waals surface area contributed by atoms with Crippen LogP contribution in [0.4, 0.5) is 0 Å². The fourth-order valence-corrected chi connectivity index (χ4v) is 1.51. The Hall–Kier alpha value is -0.830. The van der Waals surface area contributed by atoms with E-state index >= 15 is 0 Å². The molecule has 1 aromatic rings. The van der Waals surface area contributed by atoms with E-state index in [1.807, 2.05) is 6.33 Å². The molecule has 1 rings (SSSR count). The molecule has 0 aliphatic rings. The first-order valence-electron chi connectivity index (χ1n) is 5.56. The Kier molecular flexibility index (Phi) is 3.55. The van der Waals surface area contributed by atoms with E-state index in [0.29, 0.717) is 6.04 Å². The molecule has 0 spiro atoms. The molecule has 1 unspecified atom stereocenters. The first kappa shape index (κ1) is 12.2. The zero-order valence-corrected chi connectivity index (χ0v) is 10.8. The lowest BCUT2D eigenvalue weighted by atomic mass is 10.1. The molecule has 1 N–H and O–H groups in total. The van der Waals surface area contributed by atoms with Crippen molar-refractivity contribution in [3.8, 4) is 0 Å². The molecule has 0 aliphatic carbocycles. The van der Waals surface area contributed by atoms with Crippen LogP contribution < -0.4 is 5.32 Å². The maximum atomic E-state index is 4.32. The monoisotopic (exact) mass is 209 g/mol. The van der Waals surface area contributed by atoms with Gasteiger partial charge >= 0.3 is 0 Å². The van der Waals surface area contributed by atoms with Crippen LogP contribution in [0.5, 0.6) is 0 Å². The number of aryl methyl sites for hydroxylation is 1. The van der Waals surface area contributed by atoms with Gasteiger partial charge in [-0.05, 0) is 41.5 Å². The molecule has 0 saturated carbocycles. The summed E-state index contributed by atoms with van der Waals surface area (Å²) in [7, 11) is 0. The Balaban J connectivity index is 2.62. The van der Waals surface area contributed by atoms with Gasteiger partial charge in [-0.25, -0.2) is 4.98 Å². The van der Waals surface area contributed by atoms with Gasteiger partial charge in [0.2, 0.25) is 0 Å². The summed E-state index contributed by atoms with van der Waals surface area (Å²) in [5.74, 6) is 0. The summed E-state index contributed by atoms with van der Waals surface area (Å²) in [6.45, 7) is 13.9. The Morgan fingerprint density at radius 1 is 1.40 bits per heavy atom. The molecule has 0 aromatic carbocycles. The van der Waals surface area contributed by atoms with Crippen LogP contribution in [0, 0.1) is 13.8 Å². The first-order chi connectivity index (χ1) is 6.81. The van der Waals surface area contributed by atoms with Crippen LogP contribution in [0.1, 0.15) is 45.1 Å². The summed E-state index contributed by atoms with van der Waals surface area (Å²) < 4.78 is 2.23. The molecule has 0 bridgehead atoms. The number of imidazole rings is 1. The predicted octanol–water partition coefficient (Wildman–Crippen LogP) is 2.45. The van der Waals surface area contributed by atoms with E-state index in [1.165, 1.54) is 5.69 Å². The fourth-order valence-electron chi connectivity index (χ4n) is 1.51. The predicted molar refractivity (Wildman–Crippen MR) is 64.2 cm³/mol. The molecule has 0 fully saturated rings. The van der Waals surface area contributed by atoms with Gasteiger partial charge in [0.25, 0.3) is 0 Å². The molecule has 0 saturated heterocycles. The smallest absolute Gasteiger partial charge is 0.0954 e. The van der Waals surface area contributed by atoms with Crippen molar-refractivity contribution >= 4 is 0 Å². The van der Waals surface area contributed by atoms with Crippen LogP contribution in [-0.4, -0.2) is 21.6 Å². The zero-order valence-electron chi connectivity index (χ0n) is 10.8. The molecule has 86 valence electrons. The summed E-state index contributed by atoms with van der Waals surface area (Å²) in [6.07, 6.45) is 1.93. The highest BCUT2D eigenvalue weighted by atomic mass is 15.1. The van der Waals surface area contributed by atoms with Crippen LogP contribution >= 0.6 is 0 Å². The van der Waals surface area contributed by atoms with Crippen molar-refractivity contribution in [1.29, 1.82) is 0 Å². The number of hydrogen-bond donors (Lipinski definition) is 1. The SMILES string of the molecule is Cc1ncn(C(C)CNC(C)(C)C)c1C. The van der Waals surface area contributed by atoms with Gasteiger partial charge in [0.05, 0.1) is 12.0 Å². The number of aromatic nitrogens is 2. The van der Waals surface area contributed by atoms with Crippen LogP contribution in [0.3, 0.4) is 0 Å². The molecule has 1 aromatic heterocycles. The minimum atomic E-state index is 0.178. The molecule has 0 radical (unpaired) electrons. The van der Waals surface area contributed by atoms with Crippen molar-refractivity contribution < 1.29 is 0 Å². The quantitative estimate of drug-likeness (QED) is 0.828. The van der Waals surface area contributed by atoms with Gasteiger partial charge in [-0.2, -0.15) is 0 Å². The Labute approximate surface area is 92.9 Å². The Bertz CT molecular complexity index is 320. The average molecular weight is 209 g/mol. The molecule has 15 heavy (non-hydrogen) atoms. The number of nitrogens with zero attached hydrogens (tertiary/aromatic N) is 2. The van der Waals surface area contributed by atoms with Crippen LogP contribution in [-0.2, 0) is 0 Å². The summed E-state index contributed by atoms with van der Waals surface area (Å²) in [6, 6.07) is 0.449. The minimum absolute atomic E-state index is 0.178. The van der Waals surface area contributed by atoms with Gasteiger partial charge in [0, 0.05) is 23.8 Å². The summed E-state index contributed by atoms with van der Waals surface area (Å²) in [4.78, 5) is 4.32. The van der Waals surface area contributed by atoms with E-state index in [1.54, 1.807) is 0 Å². The number of rotatable bonds is 3. The van der Waals surface area contributed by atoms with Crippen LogP contribution in [0.15, 0.2) is 6.33 Å². The lowest BCUT2D eigenvalue weighted by Crippen LogP contribution is -2.39. The highest BCUT2D eigenvalue weighted by Crippen LogP contribution is 2.12. The van der Waals surface area contributed by atoms with Gasteiger partial charge < -0.3 is 9.88 Å². The lowest BCUT2D eigenvalue weighted by Gasteiger charge is -2.24. The van der Waals surface area contributed by atoms with E-state index in [9.17, 15) is 0 Å². The van der Waals surface area contributed by atoms with Crippen molar-refractivity contribution in [2.45, 2.75) is 53.1 Å². The van der Waals surface area contributed by atoms with E-state index in [4.69, 9.17) is 0 Å². The third kappa shape index (κ3) is 3.34. The second kappa shape index (κ2) is 4.35. The van der Waals surface area contributed by atoms with Crippen molar-refractivity contribution in [2.24, 2.45) is 0 Å². The first-order valence-corrected chi connectivity index (χ1v) is 5.56. The Morgan fingerprint density at radius 2 is 2.00 bits per heavy atom. The highest BCUT2D eigenvalue weighted by molar-refractivity contribution is 5.09. The molecule has 3 nitrogen and oxygen atoms in total. The fraction of sp³-hybridized carbons (Fsp3) is 0.750. The highest BCUT2D eigenvalue weighted by Gasteiger charge is 2.13. The lowest BCUT2D eigenvalue weighted by molar-refractivity contribution is 0.377. The molecule has 0 amide bonds. The van der Waals surface area contributed by atoms with E-state index in [0.717, 1.165) is 12.2 Å². The molecule has 1 atom stereocenters. The zero-order chi connectivity index (χ0) is 11.6. The average Bonchev–Trinajstić information content (AvgIpc) is 2.43. The largest absolute Gasteiger partial charge is 0.331 e. The second-order valence-electron chi connectivity index (χ2n) is 5.30. The summed E-state index contributed by atoms with van der Waals surface area (Å²) >= 11 is 0.